The second-order valence-electron chi connectivity index (χ2n) is 8.01. The van der Waals surface area contributed by atoms with Crippen LogP contribution in [0.4, 0.5) is 0 Å². The molecule has 3 aliphatic rings. The predicted octanol–water partition coefficient (Wildman–Crippen LogP) is 3.32. The predicted molar refractivity (Wildman–Crippen MR) is 91.2 cm³/mol. The summed E-state index contributed by atoms with van der Waals surface area (Å²) in [6, 6.07) is 0. The van der Waals surface area contributed by atoms with E-state index in [1.165, 1.54) is 0 Å². The molecule has 132 valence electrons. The van der Waals surface area contributed by atoms with Crippen LogP contribution in [0, 0.1) is 29.1 Å². The van der Waals surface area contributed by atoms with Gasteiger partial charge in [0.25, 0.3) is 0 Å². The van der Waals surface area contributed by atoms with Crippen molar-refractivity contribution in [2.45, 2.75) is 52.7 Å². The molecule has 1 aliphatic heterocycles. The van der Waals surface area contributed by atoms with Gasteiger partial charge in [-0.3, -0.25) is 4.79 Å². The zero-order valence-electron chi connectivity index (χ0n) is 15.1. The molecular formula is C20H28O4. The minimum Gasteiger partial charge on any atom is -0.458 e. The molecule has 0 aromatic heterocycles. The number of rotatable bonds is 4. The highest BCUT2D eigenvalue weighted by atomic mass is 16.6. The second kappa shape index (κ2) is 6.14. The number of allylic oxidation sites excluding steroid dienone is 2. The van der Waals surface area contributed by atoms with Crippen molar-refractivity contribution in [2.75, 3.05) is 6.61 Å². The number of fused-ring (bicyclic) bond motifs is 2. The summed E-state index contributed by atoms with van der Waals surface area (Å²) in [4.78, 5) is 24.9. The van der Waals surface area contributed by atoms with Crippen LogP contribution in [0.25, 0.3) is 0 Å². The minimum atomic E-state index is -0.650. The van der Waals surface area contributed by atoms with Gasteiger partial charge in [0.05, 0.1) is 17.4 Å². The van der Waals surface area contributed by atoms with Crippen molar-refractivity contribution < 1.29 is 19.1 Å². The van der Waals surface area contributed by atoms with Crippen molar-refractivity contribution in [1.29, 1.82) is 0 Å². The van der Waals surface area contributed by atoms with Crippen LogP contribution in [0.15, 0.2) is 24.3 Å². The van der Waals surface area contributed by atoms with E-state index in [1.807, 2.05) is 13.0 Å². The Labute approximate surface area is 144 Å². The number of hydrogen-bond donors (Lipinski definition) is 0. The van der Waals surface area contributed by atoms with Gasteiger partial charge in [0, 0.05) is 12.2 Å². The van der Waals surface area contributed by atoms with Crippen molar-refractivity contribution in [3.63, 3.8) is 0 Å². The normalized spacial score (nSPS) is 42.5. The number of esters is 1. The Hall–Kier alpha value is -1.42. The van der Waals surface area contributed by atoms with Gasteiger partial charge in [-0.15, -0.1) is 0 Å². The Balaban J connectivity index is 2.01. The molecule has 4 nitrogen and oxygen atoms in total. The fourth-order valence-corrected chi connectivity index (χ4v) is 4.61. The lowest BCUT2D eigenvalue weighted by molar-refractivity contribution is -0.142. The van der Waals surface area contributed by atoms with Crippen molar-refractivity contribution in [3.8, 4) is 0 Å². The molecule has 1 saturated heterocycles. The molecule has 0 spiro atoms. The van der Waals surface area contributed by atoms with Gasteiger partial charge in [0.1, 0.15) is 6.10 Å². The first-order valence-electron chi connectivity index (χ1n) is 9.04. The first-order valence-corrected chi connectivity index (χ1v) is 9.04. The minimum absolute atomic E-state index is 0.0984. The molecular weight excluding hydrogens is 304 g/mol. The lowest BCUT2D eigenvalue weighted by atomic mass is 9.67. The van der Waals surface area contributed by atoms with Crippen LogP contribution in [0.1, 0.15) is 40.5 Å². The van der Waals surface area contributed by atoms with Crippen LogP contribution in [0.5, 0.6) is 0 Å². The maximum Gasteiger partial charge on any atom is 0.334 e. The summed E-state index contributed by atoms with van der Waals surface area (Å²) in [5, 5.41) is 0. The second-order valence-corrected chi connectivity index (χ2v) is 8.01. The first-order chi connectivity index (χ1) is 11.3. The lowest BCUT2D eigenvalue weighted by Crippen LogP contribution is -2.49. The molecule has 1 heterocycles. The van der Waals surface area contributed by atoms with E-state index in [0.29, 0.717) is 18.1 Å². The summed E-state index contributed by atoms with van der Waals surface area (Å²) < 4.78 is 11.9. The molecule has 1 saturated carbocycles. The van der Waals surface area contributed by atoms with Gasteiger partial charge in [-0.25, -0.2) is 4.79 Å². The summed E-state index contributed by atoms with van der Waals surface area (Å²) in [6.07, 6.45) is 4.88. The third-order valence-corrected chi connectivity index (χ3v) is 6.39. The van der Waals surface area contributed by atoms with E-state index in [2.05, 4.69) is 27.4 Å². The number of hydrogen-bond acceptors (Lipinski definition) is 4. The maximum absolute atomic E-state index is 12.8. The Morgan fingerprint density at radius 1 is 1.46 bits per heavy atom. The van der Waals surface area contributed by atoms with Crippen molar-refractivity contribution in [3.05, 3.63) is 24.3 Å². The van der Waals surface area contributed by atoms with Gasteiger partial charge in [0.2, 0.25) is 0 Å². The Bertz CT molecular complexity index is 592. The standard InChI is InChI=1S/C20H28O4/c1-6-11(2)10-23-18-17-13(4)19(22)24-15(17)9-12(3)14-7-8-16(21)20(14,18)5/h7-8,11-12,14-15,17-18H,4,6,9-10H2,1-3,5H3/t11-,12+,14-,15+,17+,18-,20-/m0/s1. The number of carbonyl (C=O) groups excluding carboxylic acids is 2. The Morgan fingerprint density at radius 3 is 2.83 bits per heavy atom. The Morgan fingerprint density at radius 2 is 2.17 bits per heavy atom. The average Bonchev–Trinajstić information content (AvgIpc) is 2.96. The van der Waals surface area contributed by atoms with Crippen molar-refractivity contribution >= 4 is 11.8 Å². The van der Waals surface area contributed by atoms with E-state index in [0.717, 1.165) is 12.8 Å². The molecule has 0 radical (unpaired) electrons. The number of carbonyl (C=O) groups is 2. The van der Waals surface area contributed by atoms with E-state index in [4.69, 9.17) is 9.47 Å². The van der Waals surface area contributed by atoms with E-state index < -0.39 is 5.41 Å². The zero-order chi connectivity index (χ0) is 17.6. The molecule has 2 aliphatic carbocycles. The van der Waals surface area contributed by atoms with E-state index in [-0.39, 0.29) is 41.7 Å². The molecule has 7 atom stereocenters. The molecule has 3 rings (SSSR count). The van der Waals surface area contributed by atoms with Gasteiger partial charge in [-0.1, -0.05) is 39.8 Å². The molecule has 0 aromatic carbocycles. The average molecular weight is 332 g/mol. The van der Waals surface area contributed by atoms with Crippen LogP contribution in [-0.4, -0.2) is 30.6 Å². The van der Waals surface area contributed by atoms with Crippen LogP contribution >= 0.6 is 0 Å². The van der Waals surface area contributed by atoms with E-state index in [1.54, 1.807) is 6.08 Å². The fraction of sp³-hybridized carbons (Fsp3) is 0.700. The summed E-state index contributed by atoms with van der Waals surface area (Å²) in [6.45, 7) is 12.9. The molecule has 24 heavy (non-hydrogen) atoms. The van der Waals surface area contributed by atoms with Crippen LogP contribution in [0.2, 0.25) is 0 Å². The highest BCUT2D eigenvalue weighted by molar-refractivity contribution is 5.99. The van der Waals surface area contributed by atoms with Gasteiger partial charge in [-0.05, 0) is 37.2 Å². The zero-order valence-corrected chi connectivity index (χ0v) is 15.1. The topological polar surface area (TPSA) is 52.6 Å². The summed E-state index contributed by atoms with van der Waals surface area (Å²) in [7, 11) is 0. The van der Waals surface area contributed by atoms with Crippen molar-refractivity contribution in [1.82, 2.24) is 0 Å². The largest absolute Gasteiger partial charge is 0.458 e. The molecule has 2 fully saturated rings. The fourth-order valence-electron chi connectivity index (χ4n) is 4.61. The molecule has 0 aromatic rings. The number of ether oxygens (including phenoxy) is 2. The molecule has 0 amide bonds. The maximum atomic E-state index is 12.8. The highest BCUT2D eigenvalue weighted by Crippen LogP contribution is 2.54. The van der Waals surface area contributed by atoms with Gasteiger partial charge in [0.15, 0.2) is 5.78 Å². The molecule has 4 heteroatoms. The van der Waals surface area contributed by atoms with Crippen LogP contribution < -0.4 is 0 Å². The summed E-state index contributed by atoms with van der Waals surface area (Å²) in [5.74, 6) is 0.297. The third-order valence-electron chi connectivity index (χ3n) is 6.39. The first kappa shape index (κ1) is 17.4. The number of ketones is 1. The lowest BCUT2D eigenvalue weighted by Gasteiger charge is -2.40. The van der Waals surface area contributed by atoms with Crippen LogP contribution in [-0.2, 0) is 19.1 Å². The van der Waals surface area contributed by atoms with Gasteiger partial charge in [-0.2, -0.15) is 0 Å². The van der Waals surface area contributed by atoms with Crippen molar-refractivity contribution in [2.24, 2.45) is 29.1 Å². The van der Waals surface area contributed by atoms with Gasteiger partial charge < -0.3 is 9.47 Å². The molecule has 0 N–H and O–H groups in total. The summed E-state index contributed by atoms with van der Waals surface area (Å²) >= 11 is 0. The molecule has 0 bridgehead atoms. The Kier molecular flexibility index (Phi) is 4.45. The summed E-state index contributed by atoms with van der Waals surface area (Å²) in [5.41, 5.74) is -0.189. The molecule has 0 unspecified atom stereocenters. The van der Waals surface area contributed by atoms with Gasteiger partial charge >= 0.3 is 5.97 Å². The van der Waals surface area contributed by atoms with Crippen LogP contribution in [0.3, 0.4) is 0 Å². The van der Waals surface area contributed by atoms with E-state index in [9.17, 15) is 9.59 Å². The SMILES string of the molecule is C=C1C(=O)O[C@@H]2C[C@@H](C)[C@@H]3C=CC(=O)[C@@]3(C)[C@@H](OC[C@@H](C)CC)[C@H]12. The highest BCUT2D eigenvalue weighted by Gasteiger charge is 2.60. The van der Waals surface area contributed by atoms with E-state index >= 15 is 0 Å². The smallest absolute Gasteiger partial charge is 0.334 e. The third kappa shape index (κ3) is 2.46. The monoisotopic (exact) mass is 332 g/mol. The quantitative estimate of drug-likeness (QED) is 0.585.